The van der Waals surface area contributed by atoms with Crippen molar-refractivity contribution in [2.45, 2.75) is 0 Å². The molecule has 0 saturated heterocycles. The van der Waals surface area contributed by atoms with Crippen molar-refractivity contribution >= 4 is 39.2 Å². The number of ether oxygens (including phenoxy) is 1. The number of rotatable bonds is 1. The zero-order valence-electron chi connectivity index (χ0n) is 6.80. The van der Waals surface area contributed by atoms with Crippen LogP contribution in [0.1, 0.15) is 10.4 Å². The van der Waals surface area contributed by atoms with E-state index >= 15 is 0 Å². The van der Waals surface area contributed by atoms with E-state index in [1.807, 2.05) is 0 Å². The maximum Gasteiger partial charge on any atom is 0.339 e. The topological polar surface area (TPSA) is 52.3 Å². The van der Waals surface area contributed by atoms with Crippen LogP contribution in [0.5, 0.6) is 0 Å². The Morgan fingerprint density at radius 2 is 2.23 bits per heavy atom. The molecule has 1 aromatic rings. The lowest BCUT2D eigenvalue weighted by atomic mass is 10.2. The molecule has 0 aliphatic rings. The van der Waals surface area contributed by atoms with Crippen LogP contribution in [0.4, 0.5) is 5.69 Å². The summed E-state index contributed by atoms with van der Waals surface area (Å²) < 4.78 is 5.11. The quantitative estimate of drug-likeness (QED) is 0.626. The van der Waals surface area contributed by atoms with Gasteiger partial charge in [0.25, 0.3) is 0 Å². The molecule has 2 N–H and O–H groups in total. The molecule has 70 valence electrons. The summed E-state index contributed by atoms with van der Waals surface area (Å²) in [5.74, 6) is -0.502. The minimum Gasteiger partial charge on any atom is -0.465 e. The molecule has 0 radical (unpaired) electrons. The molecule has 1 rings (SSSR count). The van der Waals surface area contributed by atoms with Crippen molar-refractivity contribution in [1.82, 2.24) is 0 Å². The zero-order chi connectivity index (χ0) is 10.0. The standard InChI is InChI=1S/C8H7BrClNO2/c1-13-8(12)5-2-4(11)3-6(9)7(5)10/h2-3H,11H2,1H3. The highest BCUT2D eigenvalue weighted by molar-refractivity contribution is 9.10. The second-order valence-corrected chi connectivity index (χ2v) is 3.59. The van der Waals surface area contributed by atoms with Crippen molar-refractivity contribution in [2.24, 2.45) is 0 Å². The number of benzene rings is 1. The average molecular weight is 265 g/mol. The number of halogens is 2. The van der Waals surface area contributed by atoms with Crippen LogP contribution in [0, 0.1) is 0 Å². The van der Waals surface area contributed by atoms with E-state index in [1.165, 1.54) is 13.2 Å². The van der Waals surface area contributed by atoms with E-state index in [1.54, 1.807) is 6.07 Å². The Morgan fingerprint density at radius 1 is 1.62 bits per heavy atom. The third-order valence-electron chi connectivity index (χ3n) is 1.46. The molecule has 0 amide bonds. The van der Waals surface area contributed by atoms with Gasteiger partial charge in [-0.15, -0.1) is 0 Å². The number of nitrogens with two attached hydrogens (primary N) is 1. The van der Waals surface area contributed by atoms with Gasteiger partial charge in [-0.05, 0) is 28.1 Å². The van der Waals surface area contributed by atoms with E-state index in [0.29, 0.717) is 15.2 Å². The van der Waals surface area contributed by atoms with Crippen LogP contribution < -0.4 is 5.73 Å². The number of nitrogen functional groups attached to an aromatic ring is 1. The van der Waals surface area contributed by atoms with E-state index in [-0.39, 0.29) is 5.56 Å². The van der Waals surface area contributed by atoms with Crippen molar-refractivity contribution in [3.05, 3.63) is 27.2 Å². The van der Waals surface area contributed by atoms with Gasteiger partial charge in [0, 0.05) is 10.2 Å². The van der Waals surface area contributed by atoms with Gasteiger partial charge in [0.2, 0.25) is 0 Å². The van der Waals surface area contributed by atoms with Gasteiger partial charge < -0.3 is 10.5 Å². The average Bonchev–Trinajstić information content (AvgIpc) is 2.10. The predicted octanol–water partition coefficient (Wildman–Crippen LogP) is 2.47. The second kappa shape index (κ2) is 3.98. The Hall–Kier alpha value is -0.740. The van der Waals surface area contributed by atoms with E-state index in [4.69, 9.17) is 17.3 Å². The summed E-state index contributed by atoms with van der Waals surface area (Å²) in [6, 6.07) is 3.09. The monoisotopic (exact) mass is 263 g/mol. The van der Waals surface area contributed by atoms with Gasteiger partial charge in [0.15, 0.2) is 0 Å². The number of carbonyl (C=O) groups is 1. The maximum absolute atomic E-state index is 11.2. The van der Waals surface area contributed by atoms with E-state index in [2.05, 4.69) is 20.7 Å². The van der Waals surface area contributed by atoms with Crippen molar-refractivity contribution in [2.75, 3.05) is 12.8 Å². The van der Waals surface area contributed by atoms with Crippen molar-refractivity contribution < 1.29 is 9.53 Å². The lowest BCUT2D eigenvalue weighted by molar-refractivity contribution is 0.0601. The summed E-state index contributed by atoms with van der Waals surface area (Å²) in [6.45, 7) is 0. The fourth-order valence-corrected chi connectivity index (χ4v) is 1.53. The highest BCUT2D eigenvalue weighted by atomic mass is 79.9. The Balaban J connectivity index is 3.28. The molecule has 0 aromatic heterocycles. The third kappa shape index (κ3) is 2.14. The van der Waals surface area contributed by atoms with Crippen molar-refractivity contribution in [3.63, 3.8) is 0 Å². The summed E-state index contributed by atoms with van der Waals surface area (Å²) >= 11 is 9.01. The minimum atomic E-state index is -0.502. The first kappa shape index (κ1) is 10.3. The molecule has 5 heteroatoms. The van der Waals surface area contributed by atoms with Crippen LogP contribution in [0.15, 0.2) is 16.6 Å². The molecule has 13 heavy (non-hydrogen) atoms. The number of esters is 1. The SMILES string of the molecule is COC(=O)c1cc(N)cc(Br)c1Cl. The van der Waals surface area contributed by atoms with E-state index < -0.39 is 5.97 Å². The third-order valence-corrected chi connectivity index (χ3v) is 2.72. The first-order valence-corrected chi connectivity index (χ1v) is 4.56. The first-order valence-electron chi connectivity index (χ1n) is 3.39. The summed E-state index contributed by atoms with van der Waals surface area (Å²) in [5.41, 5.74) is 6.24. The van der Waals surface area contributed by atoms with Crippen LogP contribution in [-0.4, -0.2) is 13.1 Å². The first-order chi connectivity index (χ1) is 6.06. The van der Waals surface area contributed by atoms with Crippen molar-refractivity contribution in [1.29, 1.82) is 0 Å². The van der Waals surface area contributed by atoms with Crippen LogP contribution in [0.2, 0.25) is 5.02 Å². The number of hydrogen-bond donors (Lipinski definition) is 1. The molecular formula is C8H7BrClNO2. The Bertz CT molecular complexity index is 354. The van der Waals surface area contributed by atoms with E-state index in [9.17, 15) is 4.79 Å². The largest absolute Gasteiger partial charge is 0.465 e. The molecule has 0 bridgehead atoms. The fourth-order valence-electron chi connectivity index (χ4n) is 0.869. The van der Waals surface area contributed by atoms with Crippen LogP contribution in [0.3, 0.4) is 0 Å². The molecule has 0 unspecified atom stereocenters. The maximum atomic E-state index is 11.2. The normalized spacial score (nSPS) is 9.77. The molecule has 3 nitrogen and oxygen atoms in total. The molecule has 0 aliphatic heterocycles. The summed E-state index contributed by atoms with van der Waals surface area (Å²) in [6.07, 6.45) is 0. The van der Waals surface area contributed by atoms with Crippen LogP contribution in [-0.2, 0) is 4.74 Å². The lowest BCUT2D eigenvalue weighted by Crippen LogP contribution is -2.03. The van der Waals surface area contributed by atoms with Crippen LogP contribution >= 0.6 is 27.5 Å². The number of carbonyl (C=O) groups excluding carboxylic acids is 1. The fraction of sp³-hybridized carbons (Fsp3) is 0.125. The number of anilines is 1. The van der Waals surface area contributed by atoms with Gasteiger partial charge >= 0.3 is 5.97 Å². The summed E-state index contributed by atoms with van der Waals surface area (Å²) in [7, 11) is 1.29. The van der Waals surface area contributed by atoms with E-state index in [0.717, 1.165) is 0 Å². The molecule has 0 fully saturated rings. The Kier molecular flexibility index (Phi) is 3.17. The van der Waals surface area contributed by atoms with Gasteiger partial charge in [-0.2, -0.15) is 0 Å². The lowest BCUT2D eigenvalue weighted by Gasteiger charge is -2.05. The highest BCUT2D eigenvalue weighted by Crippen LogP contribution is 2.29. The summed E-state index contributed by atoms with van der Waals surface area (Å²) in [5, 5.41) is 0.307. The Morgan fingerprint density at radius 3 is 2.77 bits per heavy atom. The molecular weight excluding hydrogens is 257 g/mol. The summed E-state index contributed by atoms with van der Waals surface area (Å²) in [4.78, 5) is 11.2. The van der Waals surface area contributed by atoms with Gasteiger partial charge in [-0.3, -0.25) is 0 Å². The Labute approximate surface area is 88.9 Å². The molecule has 0 spiro atoms. The van der Waals surface area contributed by atoms with Gasteiger partial charge in [0.05, 0.1) is 17.7 Å². The molecule has 0 saturated carbocycles. The molecule has 0 atom stereocenters. The highest BCUT2D eigenvalue weighted by Gasteiger charge is 2.13. The molecule has 0 heterocycles. The number of methoxy groups -OCH3 is 1. The second-order valence-electron chi connectivity index (χ2n) is 2.36. The van der Waals surface area contributed by atoms with Crippen molar-refractivity contribution in [3.8, 4) is 0 Å². The van der Waals surface area contributed by atoms with Crippen LogP contribution in [0.25, 0.3) is 0 Å². The molecule has 1 aromatic carbocycles. The minimum absolute atomic E-state index is 0.260. The molecule has 0 aliphatic carbocycles. The zero-order valence-corrected chi connectivity index (χ0v) is 9.15. The van der Waals surface area contributed by atoms with Gasteiger partial charge in [0.1, 0.15) is 0 Å². The predicted molar refractivity (Wildman–Crippen MR) is 54.9 cm³/mol. The van der Waals surface area contributed by atoms with Gasteiger partial charge in [-0.1, -0.05) is 11.6 Å². The smallest absolute Gasteiger partial charge is 0.339 e. The number of hydrogen-bond acceptors (Lipinski definition) is 3. The van der Waals surface area contributed by atoms with Gasteiger partial charge in [-0.25, -0.2) is 4.79 Å².